The molecule has 76 valence electrons. The molecule has 15 heavy (non-hydrogen) atoms. The quantitative estimate of drug-likeness (QED) is 0.660. The summed E-state index contributed by atoms with van der Waals surface area (Å²) >= 11 is 1.70. The summed E-state index contributed by atoms with van der Waals surface area (Å²) in [5.41, 5.74) is 1.23. The Morgan fingerprint density at radius 1 is 1.27 bits per heavy atom. The predicted octanol–water partition coefficient (Wildman–Crippen LogP) is 2.90. The highest BCUT2D eigenvalue weighted by Crippen LogP contribution is 2.26. The van der Waals surface area contributed by atoms with Gasteiger partial charge in [0.05, 0.1) is 10.2 Å². The standard InChI is InChI=1S/C11H11N3S/c1-2-5-10-12-13-11-14(10)8-6-3-4-7-9(8)15-11/h3-4,6-7H,2,5H2,1H3. The molecule has 2 aromatic heterocycles. The maximum Gasteiger partial charge on any atom is 0.217 e. The van der Waals surface area contributed by atoms with Crippen molar-refractivity contribution in [2.45, 2.75) is 19.8 Å². The average Bonchev–Trinajstić information content (AvgIpc) is 2.78. The van der Waals surface area contributed by atoms with Gasteiger partial charge in [0.1, 0.15) is 5.82 Å². The molecule has 0 spiro atoms. The molecular weight excluding hydrogens is 206 g/mol. The van der Waals surface area contributed by atoms with E-state index in [1.165, 1.54) is 10.2 Å². The third kappa shape index (κ3) is 1.25. The van der Waals surface area contributed by atoms with Crippen LogP contribution in [0, 0.1) is 0 Å². The second-order valence-electron chi connectivity index (χ2n) is 3.55. The van der Waals surface area contributed by atoms with E-state index in [9.17, 15) is 0 Å². The van der Waals surface area contributed by atoms with E-state index in [0.717, 1.165) is 23.6 Å². The van der Waals surface area contributed by atoms with Crippen LogP contribution < -0.4 is 0 Å². The summed E-state index contributed by atoms with van der Waals surface area (Å²) < 4.78 is 3.45. The molecule has 4 heteroatoms. The van der Waals surface area contributed by atoms with E-state index in [-0.39, 0.29) is 0 Å². The molecule has 0 amide bonds. The number of nitrogens with zero attached hydrogens (tertiary/aromatic N) is 3. The minimum atomic E-state index is 0.988. The number of fused-ring (bicyclic) bond motifs is 3. The fourth-order valence-corrected chi connectivity index (χ4v) is 2.80. The largest absolute Gasteiger partial charge is 0.269 e. The van der Waals surface area contributed by atoms with Crippen LogP contribution in [-0.4, -0.2) is 14.6 Å². The van der Waals surface area contributed by atoms with Gasteiger partial charge in [-0.15, -0.1) is 10.2 Å². The Morgan fingerprint density at radius 2 is 2.13 bits per heavy atom. The van der Waals surface area contributed by atoms with Crippen molar-refractivity contribution >= 4 is 26.5 Å². The maximum absolute atomic E-state index is 4.22. The highest BCUT2D eigenvalue weighted by Gasteiger charge is 2.10. The van der Waals surface area contributed by atoms with Gasteiger partial charge in [0.15, 0.2) is 0 Å². The molecule has 2 heterocycles. The van der Waals surface area contributed by atoms with Gasteiger partial charge in [0.25, 0.3) is 0 Å². The Balaban J connectivity index is 2.38. The van der Waals surface area contributed by atoms with Gasteiger partial charge < -0.3 is 0 Å². The summed E-state index contributed by atoms with van der Waals surface area (Å²) in [6.07, 6.45) is 2.09. The molecule has 3 rings (SSSR count). The van der Waals surface area contributed by atoms with Crippen molar-refractivity contribution in [1.82, 2.24) is 14.6 Å². The van der Waals surface area contributed by atoms with Gasteiger partial charge in [-0.25, -0.2) is 0 Å². The Morgan fingerprint density at radius 3 is 3.00 bits per heavy atom. The number of rotatable bonds is 2. The first-order chi connectivity index (χ1) is 7.40. The molecule has 0 aliphatic carbocycles. The molecule has 1 aromatic carbocycles. The van der Waals surface area contributed by atoms with Gasteiger partial charge in [-0.1, -0.05) is 30.4 Å². The first-order valence-electron chi connectivity index (χ1n) is 5.11. The number of aryl methyl sites for hydroxylation is 1. The number of thiazole rings is 1. The van der Waals surface area contributed by atoms with Gasteiger partial charge in [-0.2, -0.15) is 0 Å². The van der Waals surface area contributed by atoms with E-state index in [2.05, 4.69) is 45.8 Å². The molecule has 3 nitrogen and oxygen atoms in total. The molecule has 0 saturated carbocycles. The second kappa shape index (κ2) is 3.31. The van der Waals surface area contributed by atoms with Crippen LogP contribution >= 0.6 is 11.3 Å². The van der Waals surface area contributed by atoms with Crippen LogP contribution in [0.15, 0.2) is 24.3 Å². The highest BCUT2D eigenvalue weighted by atomic mass is 32.1. The molecule has 0 N–H and O–H groups in total. The summed E-state index contributed by atoms with van der Waals surface area (Å²) in [6.45, 7) is 2.16. The molecule has 0 radical (unpaired) electrons. The van der Waals surface area contributed by atoms with Crippen molar-refractivity contribution < 1.29 is 0 Å². The Hall–Kier alpha value is -1.42. The Labute approximate surface area is 91.4 Å². The third-order valence-corrected chi connectivity index (χ3v) is 3.49. The van der Waals surface area contributed by atoms with Crippen LogP contribution in [-0.2, 0) is 6.42 Å². The average molecular weight is 217 g/mol. The zero-order chi connectivity index (χ0) is 10.3. The van der Waals surface area contributed by atoms with E-state index < -0.39 is 0 Å². The van der Waals surface area contributed by atoms with Crippen LogP contribution in [0.5, 0.6) is 0 Å². The van der Waals surface area contributed by atoms with E-state index in [1.807, 2.05) is 0 Å². The van der Waals surface area contributed by atoms with Gasteiger partial charge in [-0.3, -0.25) is 4.40 Å². The van der Waals surface area contributed by atoms with E-state index in [4.69, 9.17) is 0 Å². The molecule has 0 bridgehead atoms. The van der Waals surface area contributed by atoms with Gasteiger partial charge >= 0.3 is 0 Å². The zero-order valence-corrected chi connectivity index (χ0v) is 9.29. The first-order valence-corrected chi connectivity index (χ1v) is 5.93. The minimum Gasteiger partial charge on any atom is -0.269 e. The van der Waals surface area contributed by atoms with Gasteiger partial charge in [-0.05, 0) is 18.6 Å². The molecule has 0 fully saturated rings. The fraction of sp³-hybridized carbons (Fsp3) is 0.273. The van der Waals surface area contributed by atoms with Crippen molar-refractivity contribution in [3.05, 3.63) is 30.1 Å². The Bertz CT molecular complexity index is 608. The highest BCUT2D eigenvalue weighted by molar-refractivity contribution is 7.23. The van der Waals surface area contributed by atoms with Crippen molar-refractivity contribution in [2.24, 2.45) is 0 Å². The number of aromatic nitrogens is 3. The SMILES string of the molecule is CCCc1nnc2sc3ccccc3n12. The van der Waals surface area contributed by atoms with E-state index >= 15 is 0 Å². The summed E-state index contributed by atoms with van der Waals surface area (Å²) in [5, 5.41) is 8.42. The van der Waals surface area contributed by atoms with E-state index in [0.29, 0.717) is 0 Å². The molecule has 3 aromatic rings. The van der Waals surface area contributed by atoms with Crippen LogP contribution in [0.3, 0.4) is 0 Å². The fourth-order valence-electron chi connectivity index (χ4n) is 1.82. The van der Waals surface area contributed by atoms with Gasteiger partial charge in [0.2, 0.25) is 4.96 Å². The van der Waals surface area contributed by atoms with Crippen molar-refractivity contribution in [3.8, 4) is 0 Å². The molecular formula is C11H11N3S. The van der Waals surface area contributed by atoms with E-state index in [1.54, 1.807) is 11.3 Å². The lowest BCUT2D eigenvalue weighted by Gasteiger charge is -1.95. The summed E-state index contributed by atoms with van der Waals surface area (Å²) in [5.74, 6) is 1.07. The molecule has 0 aliphatic rings. The summed E-state index contributed by atoms with van der Waals surface area (Å²) in [4.78, 5) is 1.000. The third-order valence-electron chi connectivity index (χ3n) is 2.48. The Kier molecular flexibility index (Phi) is 1.95. The van der Waals surface area contributed by atoms with Crippen LogP contribution in [0.4, 0.5) is 0 Å². The molecule has 0 aliphatic heterocycles. The molecule has 0 unspecified atom stereocenters. The number of para-hydroxylation sites is 1. The lowest BCUT2D eigenvalue weighted by atomic mass is 10.3. The van der Waals surface area contributed by atoms with Crippen molar-refractivity contribution in [3.63, 3.8) is 0 Å². The number of hydrogen-bond acceptors (Lipinski definition) is 3. The number of hydrogen-bond donors (Lipinski definition) is 0. The first kappa shape index (κ1) is 8.85. The number of benzene rings is 1. The van der Waals surface area contributed by atoms with Crippen molar-refractivity contribution in [1.29, 1.82) is 0 Å². The van der Waals surface area contributed by atoms with Gasteiger partial charge in [0, 0.05) is 6.42 Å². The van der Waals surface area contributed by atoms with Crippen LogP contribution in [0.25, 0.3) is 15.2 Å². The maximum atomic E-state index is 4.22. The second-order valence-corrected chi connectivity index (χ2v) is 4.56. The summed E-state index contributed by atoms with van der Waals surface area (Å²) in [7, 11) is 0. The topological polar surface area (TPSA) is 30.2 Å². The molecule has 0 saturated heterocycles. The monoisotopic (exact) mass is 217 g/mol. The van der Waals surface area contributed by atoms with Crippen LogP contribution in [0.2, 0.25) is 0 Å². The zero-order valence-electron chi connectivity index (χ0n) is 8.47. The van der Waals surface area contributed by atoms with Crippen LogP contribution in [0.1, 0.15) is 19.2 Å². The molecule has 0 atom stereocenters. The normalized spacial score (nSPS) is 11.5. The lowest BCUT2D eigenvalue weighted by molar-refractivity contribution is 0.826. The smallest absolute Gasteiger partial charge is 0.217 e. The lowest BCUT2D eigenvalue weighted by Crippen LogP contribution is -1.92. The predicted molar refractivity (Wildman–Crippen MR) is 62.4 cm³/mol. The van der Waals surface area contributed by atoms with Crippen molar-refractivity contribution in [2.75, 3.05) is 0 Å². The summed E-state index contributed by atoms with van der Waals surface area (Å²) in [6, 6.07) is 8.38. The minimum absolute atomic E-state index is 0.988.